The summed E-state index contributed by atoms with van der Waals surface area (Å²) < 4.78 is 5.40. The molecule has 7 heteroatoms. The van der Waals surface area contributed by atoms with E-state index in [0.717, 1.165) is 31.3 Å². The Morgan fingerprint density at radius 2 is 1.88 bits per heavy atom. The Balaban J connectivity index is 1.82. The number of piperidine rings is 2. The number of allylic oxidation sites excluding steroid dienone is 1. The average Bonchev–Trinajstić information content (AvgIpc) is 2.54. The summed E-state index contributed by atoms with van der Waals surface area (Å²) in [5.74, 6) is -0.692. The van der Waals surface area contributed by atoms with E-state index in [1.54, 1.807) is 4.90 Å². The van der Waals surface area contributed by atoms with Crippen LogP contribution >= 0.6 is 0 Å². The number of hydrogen-bond donors (Lipinski definition) is 1. The molecule has 2 fully saturated rings. The van der Waals surface area contributed by atoms with Crippen LogP contribution in [0.25, 0.3) is 0 Å². The van der Waals surface area contributed by atoms with Crippen molar-refractivity contribution >= 4 is 18.0 Å². The fourth-order valence-corrected chi connectivity index (χ4v) is 3.36. The van der Waals surface area contributed by atoms with Crippen LogP contribution < -0.4 is 0 Å². The van der Waals surface area contributed by atoms with Crippen LogP contribution in [0.2, 0.25) is 0 Å². The Bertz CT molecular complexity index is 571. The van der Waals surface area contributed by atoms with Crippen LogP contribution in [-0.2, 0) is 14.3 Å². The number of hydrogen-bond acceptors (Lipinski definition) is 4. The average molecular weight is 366 g/mol. The van der Waals surface area contributed by atoms with Crippen molar-refractivity contribution in [3.63, 3.8) is 0 Å². The molecule has 26 heavy (non-hydrogen) atoms. The van der Waals surface area contributed by atoms with E-state index < -0.39 is 11.6 Å². The monoisotopic (exact) mass is 366 g/mol. The first-order valence-corrected chi connectivity index (χ1v) is 9.34. The molecule has 0 bridgehead atoms. The van der Waals surface area contributed by atoms with Gasteiger partial charge in [-0.25, -0.2) is 4.79 Å². The molecule has 0 aliphatic carbocycles. The first kappa shape index (κ1) is 20.3. The zero-order valence-electron chi connectivity index (χ0n) is 16.0. The Kier molecular flexibility index (Phi) is 6.67. The number of aliphatic carboxylic acids is 1. The minimum Gasteiger partial charge on any atom is -0.480 e. The minimum atomic E-state index is -0.978. The SMILES string of the molecule is CC(C)(C)OC(=O)N1CCC(C/C=C2\CCCN(CC(=O)O)C2=O)CC1. The first-order valence-electron chi connectivity index (χ1n) is 9.34. The molecule has 2 rings (SSSR count). The summed E-state index contributed by atoms with van der Waals surface area (Å²) in [6, 6.07) is 0. The highest BCUT2D eigenvalue weighted by atomic mass is 16.6. The number of rotatable bonds is 4. The summed E-state index contributed by atoms with van der Waals surface area (Å²) in [6.07, 6.45) is 5.80. The molecule has 146 valence electrons. The third-order valence-electron chi connectivity index (χ3n) is 4.73. The van der Waals surface area contributed by atoms with Crippen molar-refractivity contribution in [2.75, 3.05) is 26.2 Å². The number of carboxylic acids is 1. The molecule has 0 atom stereocenters. The number of carbonyl (C=O) groups is 3. The third kappa shape index (κ3) is 6.04. The second-order valence-corrected chi connectivity index (χ2v) is 8.10. The van der Waals surface area contributed by atoms with E-state index in [4.69, 9.17) is 9.84 Å². The molecule has 2 heterocycles. The van der Waals surface area contributed by atoms with Gasteiger partial charge in [0.05, 0.1) is 0 Å². The van der Waals surface area contributed by atoms with Gasteiger partial charge < -0.3 is 19.6 Å². The highest BCUT2D eigenvalue weighted by Gasteiger charge is 2.28. The standard InChI is InChI=1S/C19H30N2O5/c1-19(2,3)26-18(25)20-11-8-14(9-12-20)6-7-15-5-4-10-21(17(15)24)13-16(22)23/h7,14H,4-6,8-13H2,1-3H3,(H,22,23)/b15-7+. The molecule has 1 N–H and O–H groups in total. The maximum atomic E-state index is 12.3. The summed E-state index contributed by atoms with van der Waals surface area (Å²) >= 11 is 0. The van der Waals surface area contributed by atoms with Crippen LogP contribution in [0.4, 0.5) is 4.79 Å². The van der Waals surface area contributed by atoms with E-state index >= 15 is 0 Å². The van der Waals surface area contributed by atoms with Gasteiger partial charge in [0.25, 0.3) is 0 Å². The van der Waals surface area contributed by atoms with Gasteiger partial charge in [-0.1, -0.05) is 6.08 Å². The van der Waals surface area contributed by atoms with E-state index in [1.165, 1.54) is 4.90 Å². The molecule has 0 radical (unpaired) electrons. The first-order chi connectivity index (χ1) is 12.2. The molecule has 0 unspecified atom stereocenters. The molecule has 0 spiro atoms. The van der Waals surface area contributed by atoms with E-state index in [9.17, 15) is 14.4 Å². The summed E-state index contributed by atoms with van der Waals surface area (Å²) in [6.45, 7) is 7.20. The molecule has 2 saturated heterocycles. The number of carboxylic acid groups (broad SMARTS) is 1. The van der Waals surface area contributed by atoms with Gasteiger partial charge in [0.2, 0.25) is 5.91 Å². The lowest BCUT2D eigenvalue weighted by Gasteiger charge is -2.33. The number of likely N-dealkylation sites (tertiary alicyclic amines) is 2. The van der Waals surface area contributed by atoms with Crippen LogP contribution in [0.5, 0.6) is 0 Å². The van der Waals surface area contributed by atoms with E-state index in [1.807, 2.05) is 26.8 Å². The Labute approximate surface area is 155 Å². The van der Waals surface area contributed by atoms with Gasteiger partial charge in [0.1, 0.15) is 12.1 Å². The second-order valence-electron chi connectivity index (χ2n) is 8.10. The van der Waals surface area contributed by atoms with Crippen LogP contribution in [0.3, 0.4) is 0 Å². The van der Waals surface area contributed by atoms with Gasteiger partial charge in [-0.2, -0.15) is 0 Å². The maximum absolute atomic E-state index is 12.3. The van der Waals surface area contributed by atoms with Crippen molar-refractivity contribution in [1.29, 1.82) is 0 Å². The Morgan fingerprint density at radius 3 is 2.46 bits per heavy atom. The summed E-state index contributed by atoms with van der Waals surface area (Å²) in [4.78, 5) is 38.4. The fraction of sp³-hybridized carbons (Fsp3) is 0.737. The summed E-state index contributed by atoms with van der Waals surface area (Å²) in [5, 5.41) is 8.89. The van der Waals surface area contributed by atoms with Gasteiger partial charge in [0.15, 0.2) is 0 Å². The van der Waals surface area contributed by atoms with Gasteiger partial charge in [0, 0.05) is 25.2 Å². The molecular formula is C19H30N2O5. The van der Waals surface area contributed by atoms with E-state index in [-0.39, 0.29) is 18.5 Å². The molecule has 2 aliphatic heterocycles. The van der Waals surface area contributed by atoms with E-state index in [0.29, 0.717) is 32.0 Å². The smallest absolute Gasteiger partial charge is 0.410 e. The molecule has 2 amide bonds. The highest BCUT2D eigenvalue weighted by Crippen LogP contribution is 2.25. The summed E-state index contributed by atoms with van der Waals surface area (Å²) in [5.41, 5.74) is 0.244. The van der Waals surface area contributed by atoms with E-state index in [2.05, 4.69) is 0 Å². The van der Waals surface area contributed by atoms with Crippen LogP contribution in [0.15, 0.2) is 11.6 Å². The fourth-order valence-electron chi connectivity index (χ4n) is 3.36. The molecular weight excluding hydrogens is 336 g/mol. The third-order valence-corrected chi connectivity index (χ3v) is 4.73. The van der Waals surface area contributed by atoms with Crippen molar-refractivity contribution in [3.8, 4) is 0 Å². The highest BCUT2D eigenvalue weighted by molar-refractivity contribution is 5.95. The predicted octanol–water partition coefficient (Wildman–Crippen LogP) is 2.66. The molecule has 0 aromatic heterocycles. The molecule has 0 aromatic rings. The van der Waals surface area contributed by atoms with Crippen LogP contribution in [-0.4, -0.2) is 64.7 Å². The van der Waals surface area contributed by atoms with Crippen LogP contribution in [0, 0.1) is 5.92 Å². The van der Waals surface area contributed by atoms with Crippen molar-refractivity contribution in [2.24, 2.45) is 5.92 Å². The van der Waals surface area contributed by atoms with Gasteiger partial charge in [-0.05, 0) is 58.8 Å². The van der Waals surface area contributed by atoms with Crippen molar-refractivity contribution in [2.45, 2.75) is 58.5 Å². The normalized spacial score (nSPS) is 21.2. The number of nitrogens with zero attached hydrogens (tertiary/aromatic N) is 2. The Morgan fingerprint density at radius 1 is 1.23 bits per heavy atom. The minimum absolute atomic E-state index is 0.148. The second kappa shape index (κ2) is 8.56. The zero-order valence-corrected chi connectivity index (χ0v) is 16.0. The zero-order chi connectivity index (χ0) is 19.3. The van der Waals surface area contributed by atoms with Crippen molar-refractivity contribution in [3.05, 3.63) is 11.6 Å². The lowest BCUT2D eigenvalue weighted by Crippen LogP contribution is -2.42. The lowest BCUT2D eigenvalue weighted by atomic mass is 9.91. The molecule has 2 aliphatic rings. The lowest BCUT2D eigenvalue weighted by molar-refractivity contribution is -0.143. The quantitative estimate of drug-likeness (QED) is 0.773. The molecule has 7 nitrogen and oxygen atoms in total. The van der Waals surface area contributed by atoms with Gasteiger partial charge in [-0.3, -0.25) is 9.59 Å². The number of carbonyl (C=O) groups excluding carboxylic acids is 2. The Hall–Kier alpha value is -2.05. The maximum Gasteiger partial charge on any atom is 0.410 e. The predicted molar refractivity (Wildman–Crippen MR) is 96.7 cm³/mol. The molecule has 0 aromatic carbocycles. The van der Waals surface area contributed by atoms with Gasteiger partial charge in [-0.15, -0.1) is 0 Å². The topological polar surface area (TPSA) is 87.2 Å². The largest absolute Gasteiger partial charge is 0.480 e. The number of amides is 2. The molecule has 0 saturated carbocycles. The van der Waals surface area contributed by atoms with Crippen LogP contribution in [0.1, 0.15) is 52.9 Å². The van der Waals surface area contributed by atoms with Crippen molar-refractivity contribution < 1.29 is 24.2 Å². The number of ether oxygens (including phenoxy) is 1. The summed E-state index contributed by atoms with van der Waals surface area (Å²) in [7, 11) is 0. The van der Waals surface area contributed by atoms with Crippen molar-refractivity contribution in [1.82, 2.24) is 9.80 Å². The van der Waals surface area contributed by atoms with Gasteiger partial charge >= 0.3 is 12.1 Å².